The molecule has 26 heavy (non-hydrogen) atoms. The number of thiocarbonyl (C=S) groups is 1. The highest BCUT2D eigenvalue weighted by molar-refractivity contribution is 7.80. The van der Waals surface area contributed by atoms with Gasteiger partial charge in [0.05, 0.1) is 15.7 Å². The third-order valence-corrected chi connectivity index (χ3v) is 5.46. The second-order valence-corrected chi connectivity index (χ2v) is 7.14. The number of halogens is 2. The summed E-state index contributed by atoms with van der Waals surface area (Å²) in [5.74, 6) is 0. The van der Waals surface area contributed by atoms with E-state index >= 15 is 0 Å². The van der Waals surface area contributed by atoms with E-state index in [0.717, 1.165) is 37.6 Å². The predicted octanol–water partition coefficient (Wildman–Crippen LogP) is 4.05. The Hall–Kier alpha value is -2.09. The van der Waals surface area contributed by atoms with Crippen LogP contribution in [0.5, 0.6) is 0 Å². The fraction of sp³-hybridized carbons (Fsp3) is 0.235. The third kappa shape index (κ3) is 3.42. The average molecular weight is 408 g/mol. The molecule has 1 N–H and O–H groups in total. The Balaban J connectivity index is 1.40. The normalized spacial score (nSPS) is 14.7. The second-order valence-electron chi connectivity index (χ2n) is 5.94. The second kappa shape index (κ2) is 7.26. The minimum atomic E-state index is 0.566. The zero-order valence-corrected chi connectivity index (χ0v) is 16.0. The standard InChI is InChI=1S/C17H15Cl2N5OS/c18-12-5-4-11(10-13(12)19)23-6-8-24(9-7-23)17(26)20-14-2-1-3-15-16(14)22-25-21-15/h1-5,10H,6-9H2,(H,20,26). The zero-order chi connectivity index (χ0) is 18.1. The quantitative estimate of drug-likeness (QED) is 0.642. The molecule has 0 amide bonds. The van der Waals surface area contributed by atoms with Gasteiger partial charge in [-0.1, -0.05) is 29.3 Å². The van der Waals surface area contributed by atoms with Gasteiger partial charge in [-0.15, -0.1) is 0 Å². The molecule has 1 aliphatic rings. The molecule has 0 saturated carbocycles. The van der Waals surface area contributed by atoms with Gasteiger partial charge in [-0.25, -0.2) is 4.63 Å². The van der Waals surface area contributed by atoms with Gasteiger partial charge in [0.25, 0.3) is 0 Å². The smallest absolute Gasteiger partial charge is 0.173 e. The Labute approximate surface area is 165 Å². The summed E-state index contributed by atoms with van der Waals surface area (Å²) in [7, 11) is 0. The predicted molar refractivity (Wildman–Crippen MR) is 108 cm³/mol. The highest BCUT2D eigenvalue weighted by Crippen LogP contribution is 2.28. The lowest BCUT2D eigenvalue weighted by molar-refractivity contribution is 0.315. The van der Waals surface area contributed by atoms with E-state index in [1.54, 1.807) is 0 Å². The van der Waals surface area contributed by atoms with Crippen molar-refractivity contribution >= 4 is 62.9 Å². The molecule has 2 aromatic carbocycles. The SMILES string of the molecule is S=C(Nc1cccc2nonc12)N1CCN(c2ccc(Cl)c(Cl)c2)CC1. The average Bonchev–Trinajstić information content (AvgIpc) is 3.14. The largest absolute Gasteiger partial charge is 0.368 e. The van der Waals surface area contributed by atoms with Gasteiger partial charge in [0.1, 0.15) is 5.52 Å². The van der Waals surface area contributed by atoms with Gasteiger partial charge in [0.15, 0.2) is 10.6 Å². The summed E-state index contributed by atoms with van der Waals surface area (Å²) in [4.78, 5) is 4.40. The van der Waals surface area contributed by atoms with Crippen LogP contribution < -0.4 is 10.2 Å². The highest BCUT2D eigenvalue weighted by atomic mass is 35.5. The molecule has 1 aromatic heterocycles. The Morgan fingerprint density at radius 3 is 2.62 bits per heavy atom. The first-order chi connectivity index (χ1) is 12.6. The molecule has 134 valence electrons. The van der Waals surface area contributed by atoms with Crippen molar-refractivity contribution < 1.29 is 4.63 Å². The van der Waals surface area contributed by atoms with Gasteiger partial charge in [-0.05, 0) is 52.9 Å². The number of hydrogen-bond acceptors (Lipinski definition) is 5. The van der Waals surface area contributed by atoms with Crippen LogP contribution in [0.3, 0.4) is 0 Å². The summed E-state index contributed by atoms with van der Waals surface area (Å²) in [6.07, 6.45) is 0. The van der Waals surface area contributed by atoms with Gasteiger partial charge < -0.3 is 15.1 Å². The third-order valence-electron chi connectivity index (χ3n) is 4.36. The lowest BCUT2D eigenvalue weighted by Crippen LogP contribution is -2.50. The van der Waals surface area contributed by atoms with Gasteiger partial charge in [-0.3, -0.25) is 0 Å². The molecule has 3 aromatic rings. The first-order valence-corrected chi connectivity index (χ1v) is 9.25. The van der Waals surface area contributed by atoms with E-state index in [1.807, 2.05) is 36.4 Å². The van der Waals surface area contributed by atoms with Crippen LogP contribution in [0, 0.1) is 0 Å². The number of benzene rings is 2. The number of hydrogen-bond donors (Lipinski definition) is 1. The van der Waals surface area contributed by atoms with Crippen LogP contribution in [-0.4, -0.2) is 46.5 Å². The number of rotatable bonds is 2. The van der Waals surface area contributed by atoms with Crippen LogP contribution in [-0.2, 0) is 0 Å². The first kappa shape index (κ1) is 17.3. The van der Waals surface area contributed by atoms with Crippen LogP contribution in [0.25, 0.3) is 11.0 Å². The molecule has 0 radical (unpaired) electrons. The topological polar surface area (TPSA) is 57.4 Å². The molecule has 0 aliphatic carbocycles. The number of nitrogens with zero attached hydrogens (tertiary/aromatic N) is 4. The van der Waals surface area contributed by atoms with Crippen molar-refractivity contribution in [1.82, 2.24) is 15.2 Å². The molecule has 2 heterocycles. The van der Waals surface area contributed by atoms with Gasteiger partial charge in [0, 0.05) is 31.9 Å². The Morgan fingerprint density at radius 1 is 1.04 bits per heavy atom. The number of aromatic nitrogens is 2. The van der Waals surface area contributed by atoms with Crippen molar-refractivity contribution in [2.75, 3.05) is 36.4 Å². The Bertz CT molecular complexity index is 955. The van der Waals surface area contributed by atoms with E-state index in [0.29, 0.717) is 26.2 Å². The Morgan fingerprint density at radius 2 is 1.85 bits per heavy atom. The molecule has 6 nitrogen and oxygen atoms in total. The number of nitrogens with one attached hydrogen (secondary N) is 1. The van der Waals surface area contributed by atoms with E-state index in [-0.39, 0.29) is 0 Å². The maximum atomic E-state index is 6.12. The minimum Gasteiger partial charge on any atom is -0.368 e. The fourth-order valence-electron chi connectivity index (χ4n) is 2.95. The molecule has 1 saturated heterocycles. The van der Waals surface area contributed by atoms with Crippen molar-refractivity contribution in [3.05, 3.63) is 46.4 Å². The summed E-state index contributed by atoms with van der Waals surface area (Å²) in [5, 5.41) is 12.8. The first-order valence-electron chi connectivity index (χ1n) is 8.09. The monoisotopic (exact) mass is 407 g/mol. The van der Waals surface area contributed by atoms with Crippen molar-refractivity contribution in [2.45, 2.75) is 0 Å². The summed E-state index contributed by atoms with van der Waals surface area (Å²) < 4.78 is 4.79. The fourth-order valence-corrected chi connectivity index (χ4v) is 3.54. The summed E-state index contributed by atoms with van der Waals surface area (Å²) in [6.45, 7) is 3.29. The number of fused-ring (bicyclic) bond motifs is 1. The molecule has 0 spiro atoms. The van der Waals surface area contributed by atoms with Crippen LogP contribution in [0.15, 0.2) is 41.0 Å². The Kier molecular flexibility index (Phi) is 4.84. The van der Waals surface area contributed by atoms with E-state index < -0.39 is 0 Å². The number of piperazine rings is 1. The summed E-state index contributed by atoms with van der Waals surface area (Å²) in [5.41, 5.74) is 3.23. The number of anilines is 2. The van der Waals surface area contributed by atoms with Crippen LogP contribution >= 0.6 is 35.4 Å². The minimum absolute atomic E-state index is 0.566. The molecular weight excluding hydrogens is 393 g/mol. The molecule has 4 rings (SSSR count). The van der Waals surface area contributed by atoms with Crippen LogP contribution in [0.4, 0.5) is 11.4 Å². The van der Waals surface area contributed by atoms with E-state index in [9.17, 15) is 0 Å². The van der Waals surface area contributed by atoms with Crippen molar-refractivity contribution in [3.63, 3.8) is 0 Å². The molecule has 0 atom stereocenters. The maximum Gasteiger partial charge on any atom is 0.173 e. The lowest BCUT2D eigenvalue weighted by Gasteiger charge is -2.37. The molecular formula is C17H15Cl2N5OS. The molecule has 0 unspecified atom stereocenters. The van der Waals surface area contributed by atoms with Crippen molar-refractivity contribution in [2.24, 2.45) is 0 Å². The summed E-state index contributed by atoms with van der Waals surface area (Å²) in [6, 6.07) is 11.3. The molecule has 1 fully saturated rings. The van der Waals surface area contributed by atoms with Crippen LogP contribution in [0.2, 0.25) is 10.0 Å². The van der Waals surface area contributed by atoms with Crippen molar-refractivity contribution in [1.29, 1.82) is 0 Å². The van der Waals surface area contributed by atoms with Crippen LogP contribution in [0.1, 0.15) is 0 Å². The van der Waals surface area contributed by atoms with Gasteiger partial charge in [-0.2, -0.15) is 0 Å². The van der Waals surface area contributed by atoms with Gasteiger partial charge >= 0.3 is 0 Å². The van der Waals surface area contributed by atoms with E-state index in [1.165, 1.54) is 0 Å². The molecule has 1 aliphatic heterocycles. The molecule has 9 heteroatoms. The van der Waals surface area contributed by atoms with Gasteiger partial charge in [0.2, 0.25) is 0 Å². The van der Waals surface area contributed by atoms with E-state index in [4.69, 9.17) is 40.0 Å². The summed E-state index contributed by atoms with van der Waals surface area (Å²) >= 11 is 17.7. The van der Waals surface area contributed by atoms with E-state index in [2.05, 4.69) is 25.4 Å². The zero-order valence-electron chi connectivity index (χ0n) is 13.7. The highest BCUT2D eigenvalue weighted by Gasteiger charge is 2.20. The maximum absolute atomic E-state index is 6.12. The van der Waals surface area contributed by atoms with Crippen molar-refractivity contribution in [3.8, 4) is 0 Å². The lowest BCUT2D eigenvalue weighted by atomic mass is 10.2. The molecule has 0 bridgehead atoms.